The van der Waals surface area contributed by atoms with E-state index in [1.807, 2.05) is 0 Å². The van der Waals surface area contributed by atoms with Crippen LogP contribution >= 0.6 is 0 Å². The van der Waals surface area contributed by atoms with Crippen molar-refractivity contribution in [2.24, 2.45) is 0 Å². The Morgan fingerprint density at radius 1 is 1.25 bits per heavy atom. The summed E-state index contributed by atoms with van der Waals surface area (Å²) in [7, 11) is 0. The van der Waals surface area contributed by atoms with Crippen LogP contribution in [-0.2, 0) is 20.4 Å². The van der Waals surface area contributed by atoms with E-state index in [1.54, 1.807) is 0 Å². The van der Waals surface area contributed by atoms with E-state index in [4.69, 9.17) is 5.26 Å². The average molecular weight is 174 g/mol. The third kappa shape index (κ3) is 9.21. The van der Waals surface area contributed by atoms with E-state index >= 15 is 0 Å². The van der Waals surface area contributed by atoms with Crippen molar-refractivity contribution in [3.8, 4) is 6.57 Å². The first-order valence-corrected chi connectivity index (χ1v) is 0.258. The van der Waals surface area contributed by atoms with Gasteiger partial charge in [-0.3, -0.25) is 0 Å². The minimum atomic E-state index is 0. The van der Waals surface area contributed by atoms with Crippen molar-refractivity contribution < 1.29 is 20.4 Å². The molecule has 0 heterocycles. The van der Waals surface area contributed by atoms with Crippen molar-refractivity contribution in [1.29, 1.82) is 5.26 Å². The molecule has 22 valence electrons. The third-order valence-corrected chi connectivity index (χ3v) is 0. The maximum atomic E-state index is 6.50. The molecule has 0 N–H and O–H groups in total. The molecule has 0 amide bonds. The molecule has 0 aromatic heterocycles. The molecule has 0 radical (unpaired) electrons. The molecular formula is CH2KNPd. The second-order valence-corrected chi connectivity index (χ2v) is 0. The van der Waals surface area contributed by atoms with Crippen LogP contribution in [0.1, 0.15) is 0 Å². The van der Waals surface area contributed by atoms with Crippen molar-refractivity contribution in [3.05, 3.63) is 0 Å². The fourth-order valence-corrected chi connectivity index (χ4v) is 0. The molecule has 0 spiro atoms. The fourth-order valence-electron chi connectivity index (χ4n) is 0. The van der Waals surface area contributed by atoms with E-state index < -0.39 is 0 Å². The largest absolute Gasteiger partial charge is 0 e. The summed E-state index contributed by atoms with van der Waals surface area (Å²) >= 11 is 0. The smallest absolute Gasteiger partial charge is 0 e. The van der Waals surface area contributed by atoms with Crippen molar-refractivity contribution >= 4 is 51.4 Å². The Bertz CT molecular complexity index is 12.8. The Hall–Kier alpha value is 1.79. The van der Waals surface area contributed by atoms with Gasteiger partial charge in [-0.05, 0) is 0 Å². The van der Waals surface area contributed by atoms with E-state index in [9.17, 15) is 0 Å². The molecule has 3 heteroatoms. The van der Waals surface area contributed by atoms with Gasteiger partial charge in [0.05, 0.1) is 0 Å². The molecule has 0 atom stereocenters. The van der Waals surface area contributed by atoms with E-state index in [0.717, 1.165) is 0 Å². The van der Waals surface area contributed by atoms with Gasteiger partial charge < -0.3 is 0 Å². The zero-order valence-electron chi connectivity index (χ0n) is 1.34. The summed E-state index contributed by atoms with van der Waals surface area (Å²) in [5.41, 5.74) is 0. The van der Waals surface area contributed by atoms with Gasteiger partial charge in [0.15, 0.2) is 0 Å². The topological polar surface area (TPSA) is 23.8 Å². The molecule has 0 bridgehead atoms. The Morgan fingerprint density at radius 2 is 1.25 bits per heavy atom. The van der Waals surface area contributed by atoms with Crippen LogP contribution in [-0.4, -0.2) is 51.4 Å². The molecule has 0 aliphatic rings. The summed E-state index contributed by atoms with van der Waals surface area (Å²) in [6, 6.07) is 0. The molecule has 0 fully saturated rings. The second kappa shape index (κ2) is 21.5. The molecular weight excluding hydrogens is 172 g/mol. The zero-order valence-corrected chi connectivity index (χ0v) is 2.90. The van der Waals surface area contributed by atoms with Gasteiger partial charge in [-0.25, -0.2) is 5.26 Å². The van der Waals surface area contributed by atoms with Crippen LogP contribution < -0.4 is 0 Å². The first-order valence-electron chi connectivity index (χ1n) is 0.258. The van der Waals surface area contributed by atoms with Crippen molar-refractivity contribution in [2.75, 3.05) is 0 Å². The van der Waals surface area contributed by atoms with Crippen LogP contribution in [0.3, 0.4) is 0 Å². The summed E-state index contributed by atoms with van der Waals surface area (Å²) in [6.45, 7) is 3.50. The van der Waals surface area contributed by atoms with Gasteiger partial charge >= 0.3 is 51.4 Å². The molecule has 0 unspecified atom stereocenters. The van der Waals surface area contributed by atoms with Gasteiger partial charge in [0.2, 0.25) is 0 Å². The second-order valence-electron chi connectivity index (χ2n) is 0. The van der Waals surface area contributed by atoms with E-state index in [1.165, 1.54) is 0 Å². The number of hydrogen-bond acceptors (Lipinski definition) is 1. The summed E-state index contributed by atoms with van der Waals surface area (Å²) < 4.78 is 0. The molecule has 1 nitrogen and oxygen atoms in total. The zero-order chi connectivity index (χ0) is 2.00. The third-order valence-electron chi connectivity index (χ3n) is 0. The quantitative estimate of drug-likeness (QED) is 0.453. The minimum Gasteiger partial charge on any atom is 0 e. The maximum absolute atomic E-state index is 6.50. The molecule has 0 rings (SSSR count). The van der Waals surface area contributed by atoms with Gasteiger partial charge in [0, 0.05) is 27.0 Å². The SMILES string of the molecule is C#N.[KH].[Pd]. The Morgan fingerprint density at radius 3 is 1.25 bits per heavy atom. The first-order chi connectivity index (χ1) is 1.00. The molecule has 0 saturated carbocycles. The van der Waals surface area contributed by atoms with Crippen LogP contribution in [0.15, 0.2) is 0 Å². The number of nitriles is 1. The number of nitrogens with zero attached hydrogens (tertiary/aromatic N) is 1. The van der Waals surface area contributed by atoms with Crippen LogP contribution in [0, 0.1) is 11.8 Å². The summed E-state index contributed by atoms with van der Waals surface area (Å²) in [5, 5.41) is 6.50. The van der Waals surface area contributed by atoms with E-state index in [0.29, 0.717) is 0 Å². The van der Waals surface area contributed by atoms with Crippen molar-refractivity contribution in [2.45, 2.75) is 0 Å². The van der Waals surface area contributed by atoms with E-state index in [-0.39, 0.29) is 71.8 Å². The van der Waals surface area contributed by atoms with Crippen LogP contribution in [0.4, 0.5) is 0 Å². The Balaban J connectivity index is -0.00000000500. The molecule has 0 saturated heterocycles. The van der Waals surface area contributed by atoms with Crippen molar-refractivity contribution in [1.82, 2.24) is 0 Å². The van der Waals surface area contributed by atoms with Gasteiger partial charge in [-0.2, -0.15) is 0 Å². The molecule has 0 aliphatic heterocycles. The molecule has 4 heavy (non-hydrogen) atoms. The first kappa shape index (κ1) is 17.1. The van der Waals surface area contributed by atoms with Gasteiger partial charge in [-0.15, -0.1) is 0 Å². The number of rotatable bonds is 0. The predicted molar refractivity (Wildman–Crippen MR) is 13.8 cm³/mol. The Labute approximate surface area is 81.8 Å². The van der Waals surface area contributed by atoms with Crippen LogP contribution in [0.5, 0.6) is 0 Å². The monoisotopic (exact) mass is 173 g/mol. The summed E-state index contributed by atoms with van der Waals surface area (Å²) in [6.07, 6.45) is 0. The molecule has 0 aromatic rings. The fraction of sp³-hybridized carbons (Fsp3) is 0. The Kier molecular flexibility index (Phi) is 91.7. The molecule has 0 aromatic carbocycles. The van der Waals surface area contributed by atoms with Gasteiger partial charge in [0.25, 0.3) is 0 Å². The van der Waals surface area contributed by atoms with Gasteiger partial charge in [-0.1, -0.05) is 0 Å². The maximum Gasteiger partial charge on any atom is 0 e. The summed E-state index contributed by atoms with van der Waals surface area (Å²) in [4.78, 5) is 0. The van der Waals surface area contributed by atoms with Gasteiger partial charge in [0.1, 0.15) is 0 Å². The number of hydrogen-bond donors (Lipinski definition) is 0. The minimum absolute atomic E-state index is 0. The van der Waals surface area contributed by atoms with Crippen molar-refractivity contribution in [3.63, 3.8) is 0 Å². The standard InChI is InChI=1S/CHN.K.Pd.H/c1-2;;;/h1H;;;. The van der Waals surface area contributed by atoms with E-state index in [2.05, 4.69) is 6.57 Å². The van der Waals surface area contributed by atoms with Crippen LogP contribution in [0.25, 0.3) is 0 Å². The molecule has 0 aliphatic carbocycles. The average Bonchev–Trinajstić information content (AvgIpc) is 1.00. The van der Waals surface area contributed by atoms with Crippen LogP contribution in [0.2, 0.25) is 0 Å². The summed E-state index contributed by atoms with van der Waals surface area (Å²) in [5.74, 6) is 0. The predicted octanol–water partition coefficient (Wildman–Crippen LogP) is -0.511. The normalized spacial score (nSPS) is 0.500.